The van der Waals surface area contributed by atoms with Crippen LogP contribution in [0, 0.1) is 5.92 Å². The number of amides is 1. The van der Waals surface area contributed by atoms with E-state index >= 15 is 0 Å². The van der Waals surface area contributed by atoms with Gasteiger partial charge in [0.25, 0.3) is 0 Å². The van der Waals surface area contributed by atoms with Crippen molar-refractivity contribution in [2.45, 2.75) is 64.8 Å². The Balaban J connectivity index is 1.92. The highest BCUT2D eigenvalue weighted by Crippen LogP contribution is 2.23. The van der Waals surface area contributed by atoms with E-state index in [1.165, 1.54) is 24.0 Å². The second-order valence-corrected chi connectivity index (χ2v) is 7.44. The van der Waals surface area contributed by atoms with Crippen molar-refractivity contribution in [3.05, 3.63) is 34.9 Å². The lowest BCUT2D eigenvalue weighted by Gasteiger charge is -2.33. The monoisotopic (exact) mass is 330 g/mol. The summed E-state index contributed by atoms with van der Waals surface area (Å²) in [5, 5.41) is 2.98. The quantitative estimate of drug-likeness (QED) is 0.755. The van der Waals surface area contributed by atoms with Gasteiger partial charge in [-0.1, -0.05) is 26.0 Å². The maximum atomic E-state index is 12.4. The summed E-state index contributed by atoms with van der Waals surface area (Å²) in [6.07, 6.45) is 5.04. The number of nitrogens with two attached hydrogens (primary N) is 1. The minimum atomic E-state index is -0.425. The molecule has 2 rings (SSSR count). The van der Waals surface area contributed by atoms with Crippen LogP contribution in [0.3, 0.4) is 0 Å². The summed E-state index contributed by atoms with van der Waals surface area (Å²) in [7, 11) is 0. The molecule has 24 heavy (non-hydrogen) atoms. The van der Waals surface area contributed by atoms with Gasteiger partial charge in [-0.3, -0.25) is 9.59 Å². The summed E-state index contributed by atoms with van der Waals surface area (Å²) in [6, 6.07) is 6.00. The summed E-state index contributed by atoms with van der Waals surface area (Å²) >= 11 is 0. The maximum absolute atomic E-state index is 12.4. The van der Waals surface area contributed by atoms with Crippen molar-refractivity contribution < 1.29 is 9.59 Å². The van der Waals surface area contributed by atoms with Crippen molar-refractivity contribution in [2.75, 3.05) is 6.54 Å². The first-order valence-electron chi connectivity index (χ1n) is 9.02. The van der Waals surface area contributed by atoms with E-state index in [1.54, 1.807) is 0 Å². The van der Waals surface area contributed by atoms with E-state index in [0.29, 0.717) is 6.54 Å². The Bertz CT molecular complexity index is 610. The number of aryl methyl sites for hydroxylation is 2. The van der Waals surface area contributed by atoms with Crippen molar-refractivity contribution in [1.29, 1.82) is 0 Å². The average Bonchev–Trinajstić information content (AvgIpc) is 2.58. The normalized spacial score (nSPS) is 16.4. The Hall–Kier alpha value is -1.68. The molecule has 3 N–H and O–H groups in total. The summed E-state index contributed by atoms with van der Waals surface area (Å²) in [4.78, 5) is 24.6. The smallest absolute Gasteiger partial charge is 0.220 e. The third kappa shape index (κ3) is 4.44. The Morgan fingerprint density at radius 2 is 1.83 bits per heavy atom. The SMILES string of the molecule is CC(C)C(C)(CN)NC(=O)CCC(=O)c1ccc2c(c1)CCCC2. The van der Waals surface area contributed by atoms with Gasteiger partial charge in [0, 0.05) is 24.9 Å². The van der Waals surface area contributed by atoms with E-state index in [1.807, 2.05) is 32.9 Å². The number of fused-ring (bicyclic) bond motifs is 1. The predicted molar refractivity (Wildman–Crippen MR) is 97.1 cm³/mol. The molecule has 132 valence electrons. The van der Waals surface area contributed by atoms with Crippen molar-refractivity contribution in [3.8, 4) is 0 Å². The first kappa shape index (κ1) is 18.7. The number of ketones is 1. The van der Waals surface area contributed by atoms with Crippen molar-refractivity contribution in [1.82, 2.24) is 5.32 Å². The van der Waals surface area contributed by atoms with Crippen LogP contribution >= 0.6 is 0 Å². The molecule has 0 fully saturated rings. The van der Waals surface area contributed by atoms with Gasteiger partial charge in [-0.25, -0.2) is 0 Å². The molecule has 0 saturated carbocycles. The Kier molecular flexibility index (Phi) is 6.16. The number of hydrogen-bond donors (Lipinski definition) is 2. The van der Waals surface area contributed by atoms with Gasteiger partial charge in [0.1, 0.15) is 0 Å². The zero-order chi connectivity index (χ0) is 17.7. The van der Waals surface area contributed by atoms with Gasteiger partial charge in [-0.2, -0.15) is 0 Å². The molecule has 0 saturated heterocycles. The fourth-order valence-electron chi connectivity index (χ4n) is 3.09. The first-order chi connectivity index (χ1) is 11.4. The van der Waals surface area contributed by atoms with Crippen LogP contribution in [0.5, 0.6) is 0 Å². The molecule has 1 aliphatic rings. The minimum absolute atomic E-state index is 0.0394. The van der Waals surface area contributed by atoms with Gasteiger partial charge in [0.2, 0.25) is 5.91 Å². The molecular weight excluding hydrogens is 300 g/mol. The van der Waals surface area contributed by atoms with Crippen LogP contribution in [0.25, 0.3) is 0 Å². The van der Waals surface area contributed by atoms with Gasteiger partial charge in [0.05, 0.1) is 5.54 Å². The number of carbonyl (C=O) groups is 2. The fraction of sp³-hybridized carbons (Fsp3) is 0.600. The molecule has 0 aromatic heterocycles. The van der Waals surface area contributed by atoms with Crippen LogP contribution < -0.4 is 11.1 Å². The maximum Gasteiger partial charge on any atom is 0.220 e. The molecule has 1 unspecified atom stereocenters. The van der Waals surface area contributed by atoms with Crippen molar-refractivity contribution >= 4 is 11.7 Å². The van der Waals surface area contributed by atoms with Gasteiger partial charge in [0.15, 0.2) is 5.78 Å². The molecule has 1 amide bonds. The molecule has 1 aromatic rings. The lowest BCUT2D eigenvalue weighted by Crippen LogP contribution is -2.55. The summed E-state index contributed by atoms with van der Waals surface area (Å²) in [6.45, 7) is 6.40. The van der Waals surface area contributed by atoms with Gasteiger partial charge < -0.3 is 11.1 Å². The van der Waals surface area contributed by atoms with Gasteiger partial charge in [-0.05, 0) is 55.7 Å². The molecule has 1 atom stereocenters. The van der Waals surface area contributed by atoms with Crippen molar-refractivity contribution in [3.63, 3.8) is 0 Å². The topological polar surface area (TPSA) is 72.2 Å². The molecular formula is C20H30N2O2. The zero-order valence-electron chi connectivity index (χ0n) is 15.2. The molecule has 4 heteroatoms. The van der Waals surface area contributed by atoms with Crippen LogP contribution in [-0.4, -0.2) is 23.8 Å². The lowest BCUT2D eigenvalue weighted by atomic mass is 9.88. The summed E-state index contributed by atoms with van der Waals surface area (Å²) in [5.74, 6) is 0.170. The highest BCUT2D eigenvalue weighted by molar-refractivity contribution is 5.98. The highest BCUT2D eigenvalue weighted by Gasteiger charge is 2.28. The predicted octanol–water partition coefficient (Wildman–Crippen LogP) is 3.02. The van der Waals surface area contributed by atoms with E-state index in [9.17, 15) is 9.59 Å². The van der Waals surface area contributed by atoms with Crippen LogP contribution in [0.15, 0.2) is 18.2 Å². The van der Waals surface area contributed by atoms with Crippen LogP contribution in [0.2, 0.25) is 0 Å². The Labute approximate surface area is 145 Å². The lowest BCUT2D eigenvalue weighted by molar-refractivity contribution is -0.123. The molecule has 1 aliphatic carbocycles. The third-order valence-electron chi connectivity index (χ3n) is 5.37. The van der Waals surface area contributed by atoms with Crippen LogP contribution in [0.4, 0.5) is 0 Å². The minimum Gasteiger partial charge on any atom is -0.349 e. The first-order valence-corrected chi connectivity index (χ1v) is 9.02. The van der Waals surface area contributed by atoms with Crippen LogP contribution in [0.1, 0.15) is 67.9 Å². The summed E-state index contributed by atoms with van der Waals surface area (Å²) in [5.41, 5.74) is 8.76. The molecule has 0 heterocycles. The van der Waals surface area contributed by atoms with E-state index in [-0.39, 0.29) is 30.4 Å². The molecule has 0 aliphatic heterocycles. The molecule has 0 bridgehead atoms. The second-order valence-electron chi connectivity index (χ2n) is 7.44. The number of nitrogens with one attached hydrogen (secondary N) is 1. The number of hydrogen-bond acceptors (Lipinski definition) is 3. The Morgan fingerprint density at radius 1 is 1.17 bits per heavy atom. The molecule has 4 nitrogen and oxygen atoms in total. The average molecular weight is 330 g/mol. The Morgan fingerprint density at radius 3 is 2.46 bits per heavy atom. The summed E-state index contributed by atoms with van der Waals surface area (Å²) < 4.78 is 0. The highest BCUT2D eigenvalue weighted by atomic mass is 16.2. The largest absolute Gasteiger partial charge is 0.349 e. The van der Waals surface area contributed by atoms with Gasteiger partial charge in [-0.15, -0.1) is 0 Å². The third-order valence-corrected chi connectivity index (χ3v) is 5.37. The molecule has 1 aromatic carbocycles. The van der Waals surface area contributed by atoms with E-state index in [0.717, 1.165) is 18.4 Å². The fourth-order valence-corrected chi connectivity index (χ4v) is 3.09. The standard InChI is InChI=1S/C20H30N2O2/c1-14(2)20(3,13-21)22-19(24)11-10-18(23)17-9-8-15-6-4-5-7-16(15)12-17/h8-9,12,14H,4-7,10-11,13,21H2,1-3H3,(H,22,24). The molecule has 0 spiro atoms. The number of carbonyl (C=O) groups excluding carboxylic acids is 2. The van der Waals surface area contributed by atoms with E-state index in [2.05, 4.69) is 11.4 Å². The number of Topliss-reactive ketones (excluding diaryl/α,β-unsaturated/α-hetero) is 1. The zero-order valence-corrected chi connectivity index (χ0v) is 15.2. The van der Waals surface area contributed by atoms with E-state index in [4.69, 9.17) is 5.73 Å². The number of rotatable bonds is 7. The van der Waals surface area contributed by atoms with Gasteiger partial charge >= 0.3 is 0 Å². The van der Waals surface area contributed by atoms with Crippen molar-refractivity contribution in [2.24, 2.45) is 11.7 Å². The molecule has 0 radical (unpaired) electrons. The van der Waals surface area contributed by atoms with Crippen LogP contribution in [-0.2, 0) is 17.6 Å². The van der Waals surface area contributed by atoms with E-state index < -0.39 is 5.54 Å². The number of benzene rings is 1. The second kappa shape index (κ2) is 7.93.